The van der Waals surface area contributed by atoms with Crippen LogP contribution in [0.2, 0.25) is 0 Å². The highest BCUT2D eigenvalue weighted by molar-refractivity contribution is 7.10. The van der Waals surface area contributed by atoms with Crippen molar-refractivity contribution in [3.05, 3.63) is 57.3 Å². The van der Waals surface area contributed by atoms with Crippen molar-refractivity contribution in [3.8, 4) is 0 Å². The molecule has 1 N–H and O–H groups in total. The Morgan fingerprint density at radius 2 is 1.95 bits per heavy atom. The van der Waals surface area contributed by atoms with E-state index in [0.29, 0.717) is 6.04 Å². The molecule has 0 unspecified atom stereocenters. The highest BCUT2D eigenvalue weighted by atomic mass is 32.1. The lowest BCUT2D eigenvalue weighted by Crippen LogP contribution is -2.45. The van der Waals surface area contributed by atoms with Gasteiger partial charge in [0.2, 0.25) is 0 Å². The first-order valence-electron chi connectivity index (χ1n) is 7.31. The molecule has 3 heteroatoms. The van der Waals surface area contributed by atoms with E-state index in [-0.39, 0.29) is 0 Å². The fourth-order valence-corrected chi connectivity index (χ4v) is 3.85. The number of nitrogens with one attached hydrogen (secondary N) is 1. The summed E-state index contributed by atoms with van der Waals surface area (Å²) in [7, 11) is 0. The summed E-state index contributed by atoms with van der Waals surface area (Å²) in [6.45, 7) is 8.84. The molecule has 1 aliphatic heterocycles. The zero-order valence-corrected chi connectivity index (χ0v) is 13.0. The van der Waals surface area contributed by atoms with Crippen LogP contribution < -0.4 is 5.32 Å². The van der Waals surface area contributed by atoms with Gasteiger partial charge in [-0.05, 0) is 36.4 Å². The summed E-state index contributed by atoms with van der Waals surface area (Å²) in [6.07, 6.45) is 0. The van der Waals surface area contributed by atoms with Crippen molar-refractivity contribution in [1.29, 1.82) is 0 Å². The van der Waals surface area contributed by atoms with E-state index in [1.54, 1.807) is 0 Å². The Kier molecular flexibility index (Phi) is 4.20. The topological polar surface area (TPSA) is 15.3 Å². The maximum absolute atomic E-state index is 3.45. The van der Waals surface area contributed by atoms with Crippen molar-refractivity contribution in [2.24, 2.45) is 0 Å². The van der Waals surface area contributed by atoms with E-state index in [1.807, 2.05) is 11.3 Å². The number of thiophene rings is 1. The van der Waals surface area contributed by atoms with Crippen LogP contribution in [-0.2, 0) is 0 Å². The smallest absolute Gasteiger partial charge is 0.0699 e. The Bertz CT molecular complexity index is 556. The molecule has 1 aromatic carbocycles. The first-order chi connectivity index (χ1) is 9.75. The molecule has 1 fully saturated rings. The highest BCUT2D eigenvalue weighted by Gasteiger charge is 2.25. The zero-order chi connectivity index (χ0) is 13.9. The third-order valence-corrected chi connectivity index (χ3v) is 4.98. The summed E-state index contributed by atoms with van der Waals surface area (Å²) in [6, 6.07) is 11.7. The normalized spacial score (nSPS) is 18.1. The number of hydrogen-bond donors (Lipinski definition) is 1. The third kappa shape index (κ3) is 2.80. The standard InChI is InChI=1S/C17H22N2S/c1-13-5-6-14(2)15(12-13)17(16-4-3-11-20-16)19-9-7-18-8-10-19/h3-6,11-12,17-18H,7-10H2,1-2H3/t17-/m1/s1. The Labute approximate surface area is 125 Å². The van der Waals surface area contributed by atoms with Crippen molar-refractivity contribution in [2.75, 3.05) is 26.2 Å². The van der Waals surface area contributed by atoms with Crippen molar-refractivity contribution in [1.82, 2.24) is 10.2 Å². The molecule has 0 amide bonds. The Morgan fingerprint density at radius 3 is 2.65 bits per heavy atom. The van der Waals surface area contributed by atoms with E-state index >= 15 is 0 Å². The molecule has 2 nitrogen and oxygen atoms in total. The van der Waals surface area contributed by atoms with Gasteiger partial charge in [-0.3, -0.25) is 4.90 Å². The molecular formula is C17H22N2S. The van der Waals surface area contributed by atoms with E-state index in [9.17, 15) is 0 Å². The molecule has 20 heavy (non-hydrogen) atoms. The molecule has 0 bridgehead atoms. The molecule has 1 aliphatic rings. The Balaban J connectivity index is 2.02. The van der Waals surface area contributed by atoms with Crippen LogP contribution in [0.5, 0.6) is 0 Å². The minimum Gasteiger partial charge on any atom is -0.314 e. The number of benzene rings is 1. The Morgan fingerprint density at radius 1 is 1.15 bits per heavy atom. The van der Waals surface area contributed by atoms with E-state index < -0.39 is 0 Å². The second kappa shape index (κ2) is 6.08. The SMILES string of the molecule is Cc1ccc(C)c([C@H](c2cccs2)N2CCNCC2)c1. The van der Waals surface area contributed by atoms with Gasteiger partial charge in [0.1, 0.15) is 0 Å². The fraction of sp³-hybridized carbons (Fsp3) is 0.412. The largest absolute Gasteiger partial charge is 0.314 e. The Hall–Kier alpha value is -1.16. The number of hydrogen-bond acceptors (Lipinski definition) is 3. The van der Waals surface area contributed by atoms with Crippen LogP contribution >= 0.6 is 11.3 Å². The van der Waals surface area contributed by atoms with Crippen LogP contribution in [0.1, 0.15) is 27.6 Å². The van der Waals surface area contributed by atoms with Crippen molar-refractivity contribution < 1.29 is 0 Å². The van der Waals surface area contributed by atoms with Crippen molar-refractivity contribution >= 4 is 11.3 Å². The molecule has 106 valence electrons. The predicted molar refractivity (Wildman–Crippen MR) is 86.5 cm³/mol. The lowest BCUT2D eigenvalue weighted by Gasteiger charge is -2.35. The van der Waals surface area contributed by atoms with Gasteiger partial charge in [-0.25, -0.2) is 0 Å². The lowest BCUT2D eigenvalue weighted by molar-refractivity contribution is 0.200. The summed E-state index contributed by atoms with van der Waals surface area (Å²) in [5, 5.41) is 5.64. The van der Waals surface area contributed by atoms with Gasteiger partial charge in [0.15, 0.2) is 0 Å². The molecule has 1 atom stereocenters. The quantitative estimate of drug-likeness (QED) is 0.931. The van der Waals surface area contributed by atoms with Crippen LogP contribution in [0.3, 0.4) is 0 Å². The first-order valence-corrected chi connectivity index (χ1v) is 8.19. The fourth-order valence-electron chi connectivity index (χ4n) is 2.97. The van der Waals surface area contributed by atoms with E-state index in [0.717, 1.165) is 26.2 Å². The van der Waals surface area contributed by atoms with Crippen LogP contribution in [0.25, 0.3) is 0 Å². The summed E-state index contributed by atoms with van der Waals surface area (Å²) < 4.78 is 0. The van der Waals surface area contributed by atoms with Gasteiger partial charge in [0, 0.05) is 31.1 Å². The lowest BCUT2D eigenvalue weighted by atomic mass is 9.96. The maximum Gasteiger partial charge on any atom is 0.0699 e. The molecule has 0 saturated carbocycles. The second-order valence-corrected chi connectivity index (χ2v) is 6.54. The highest BCUT2D eigenvalue weighted by Crippen LogP contribution is 2.34. The zero-order valence-electron chi connectivity index (χ0n) is 12.2. The van der Waals surface area contributed by atoms with Gasteiger partial charge in [0.25, 0.3) is 0 Å². The number of rotatable bonds is 3. The predicted octanol–water partition coefficient (Wildman–Crippen LogP) is 3.36. The summed E-state index contributed by atoms with van der Waals surface area (Å²) in [4.78, 5) is 4.07. The van der Waals surface area contributed by atoms with Crippen LogP contribution in [-0.4, -0.2) is 31.1 Å². The van der Waals surface area contributed by atoms with Gasteiger partial charge in [-0.15, -0.1) is 11.3 Å². The average Bonchev–Trinajstić information content (AvgIpc) is 2.98. The maximum atomic E-state index is 3.45. The van der Waals surface area contributed by atoms with Crippen LogP contribution in [0.4, 0.5) is 0 Å². The van der Waals surface area contributed by atoms with Crippen molar-refractivity contribution in [3.63, 3.8) is 0 Å². The van der Waals surface area contributed by atoms with E-state index in [4.69, 9.17) is 0 Å². The molecule has 1 aromatic heterocycles. The van der Waals surface area contributed by atoms with Crippen molar-refractivity contribution in [2.45, 2.75) is 19.9 Å². The molecular weight excluding hydrogens is 264 g/mol. The first kappa shape index (κ1) is 13.8. The van der Waals surface area contributed by atoms with Gasteiger partial charge in [-0.2, -0.15) is 0 Å². The summed E-state index contributed by atoms with van der Waals surface area (Å²) in [5.74, 6) is 0. The number of aryl methyl sites for hydroxylation is 2. The minimum absolute atomic E-state index is 0.414. The van der Waals surface area contributed by atoms with E-state index in [1.165, 1.54) is 21.6 Å². The van der Waals surface area contributed by atoms with E-state index in [2.05, 4.69) is 59.8 Å². The summed E-state index contributed by atoms with van der Waals surface area (Å²) in [5.41, 5.74) is 4.21. The number of nitrogens with zero attached hydrogens (tertiary/aromatic N) is 1. The molecule has 0 aliphatic carbocycles. The van der Waals surface area contributed by atoms with Crippen LogP contribution in [0.15, 0.2) is 35.7 Å². The third-order valence-electron chi connectivity index (χ3n) is 4.06. The molecule has 2 heterocycles. The average molecular weight is 286 g/mol. The molecule has 3 rings (SSSR count). The minimum atomic E-state index is 0.414. The summed E-state index contributed by atoms with van der Waals surface area (Å²) >= 11 is 1.87. The second-order valence-electron chi connectivity index (χ2n) is 5.56. The molecule has 0 spiro atoms. The molecule has 0 radical (unpaired) electrons. The van der Waals surface area contributed by atoms with Gasteiger partial charge in [-0.1, -0.05) is 29.8 Å². The monoisotopic (exact) mass is 286 g/mol. The van der Waals surface area contributed by atoms with Gasteiger partial charge >= 0.3 is 0 Å². The van der Waals surface area contributed by atoms with Gasteiger partial charge in [0.05, 0.1) is 6.04 Å². The molecule has 1 saturated heterocycles. The van der Waals surface area contributed by atoms with Gasteiger partial charge < -0.3 is 5.32 Å². The van der Waals surface area contributed by atoms with Crippen LogP contribution in [0, 0.1) is 13.8 Å². The number of piperazine rings is 1. The molecule has 2 aromatic rings.